The Hall–Kier alpha value is -2.38. The zero-order valence-electron chi connectivity index (χ0n) is 17.6. The molecule has 6 nitrogen and oxygen atoms in total. The van der Waals surface area contributed by atoms with Crippen molar-refractivity contribution in [3.8, 4) is 5.75 Å². The minimum absolute atomic E-state index is 0.0321. The Balaban J connectivity index is 1.51. The largest absolute Gasteiger partial charge is 0.491 e. The quantitative estimate of drug-likeness (QED) is 0.695. The third kappa shape index (κ3) is 6.31. The van der Waals surface area contributed by atoms with Crippen LogP contribution in [0.2, 0.25) is 0 Å². The molecule has 0 bridgehead atoms. The van der Waals surface area contributed by atoms with Gasteiger partial charge in [0.25, 0.3) is 5.91 Å². The average Bonchev–Trinajstić information content (AvgIpc) is 2.74. The second kappa shape index (κ2) is 10.1. The SMILES string of the molecule is Cc1ccc(OCC(C)NC(=O)c2ccc(CS(=O)(=O)N3CCCCC3)cc2)cc1. The monoisotopic (exact) mass is 430 g/mol. The molecular weight excluding hydrogens is 400 g/mol. The molecule has 0 saturated carbocycles. The van der Waals surface area contributed by atoms with Crippen molar-refractivity contribution in [1.82, 2.24) is 9.62 Å². The molecule has 1 saturated heterocycles. The van der Waals surface area contributed by atoms with E-state index in [0.29, 0.717) is 30.8 Å². The molecule has 30 heavy (non-hydrogen) atoms. The molecule has 0 spiro atoms. The Kier molecular flexibility index (Phi) is 7.50. The highest BCUT2D eigenvalue weighted by molar-refractivity contribution is 7.88. The first-order chi connectivity index (χ1) is 14.3. The van der Waals surface area contributed by atoms with E-state index in [1.54, 1.807) is 28.6 Å². The summed E-state index contributed by atoms with van der Waals surface area (Å²) in [5.41, 5.74) is 2.35. The van der Waals surface area contributed by atoms with E-state index in [9.17, 15) is 13.2 Å². The molecule has 2 aromatic rings. The van der Waals surface area contributed by atoms with E-state index in [2.05, 4.69) is 5.32 Å². The van der Waals surface area contributed by atoms with Gasteiger partial charge >= 0.3 is 0 Å². The number of nitrogens with zero attached hydrogens (tertiary/aromatic N) is 1. The number of amides is 1. The number of hydrogen-bond donors (Lipinski definition) is 1. The van der Waals surface area contributed by atoms with E-state index >= 15 is 0 Å². The number of aryl methyl sites for hydroxylation is 1. The van der Waals surface area contributed by atoms with E-state index in [0.717, 1.165) is 30.6 Å². The van der Waals surface area contributed by atoms with Crippen molar-refractivity contribution in [2.45, 2.75) is 44.9 Å². The minimum Gasteiger partial charge on any atom is -0.491 e. The predicted octanol–water partition coefficient (Wildman–Crippen LogP) is 3.51. The molecule has 162 valence electrons. The molecule has 1 atom stereocenters. The fourth-order valence-corrected chi connectivity index (χ4v) is 5.01. The number of carbonyl (C=O) groups excluding carboxylic acids is 1. The van der Waals surface area contributed by atoms with Crippen LogP contribution in [0.15, 0.2) is 48.5 Å². The molecule has 1 aliphatic heterocycles. The van der Waals surface area contributed by atoms with Crippen LogP contribution in [-0.2, 0) is 15.8 Å². The molecule has 1 heterocycles. The molecule has 1 aliphatic rings. The summed E-state index contributed by atoms with van der Waals surface area (Å²) in [5, 5.41) is 2.91. The Morgan fingerprint density at radius 2 is 1.67 bits per heavy atom. The highest BCUT2D eigenvalue weighted by Gasteiger charge is 2.24. The van der Waals surface area contributed by atoms with Gasteiger partial charge in [0.2, 0.25) is 10.0 Å². The molecule has 1 fully saturated rings. The van der Waals surface area contributed by atoms with Gasteiger partial charge in [0.1, 0.15) is 12.4 Å². The number of ether oxygens (including phenoxy) is 1. The minimum atomic E-state index is -3.31. The predicted molar refractivity (Wildman–Crippen MR) is 118 cm³/mol. The summed E-state index contributed by atoms with van der Waals surface area (Å²) in [6.07, 6.45) is 2.93. The van der Waals surface area contributed by atoms with Gasteiger partial charge in [0.15, 0.2) is 0 Å². The number of carbonyl (C=O) groups is 1. The Morgan fingerprint density at radius 1 is 1.03 bits per heavy atom. The van der Waals surface area contributed by atoms with E-state index in [-0.39, 0.29) is 17.7 Å². The number of hydrogen-bond acceptors (Lipinski definition) is 4. The first kappa shape index (κ1) is 22.3. The van der Waals surface area contributed by atoms with E-state index in [4.69, 9.17) is 4.74 Å². The van der Waals surface area contributed by atoms with Gasteiger partial charge in [0, 0.05) is 18.7 Å². The van der Waals surface area contributed by atoms with Crippen molar-refractivity contribution in [2.24, 2.45) is 0 Å². The third-order valence-electron chi connectivity index (χ3n) is 5.17. The molecule has 1 unspecified atom stereocenters. The van der Waals surface area contributed by atoms with Crippen LogP contribution in [0.1, 0.15) is 47.7 Å². The Labute approximate surface area is 179 Å². The average molecular weight is 431 g/mol. The van der Waals surface area contributed by atoms with Gasteiger partial charge in [-0.2, -0.15) is 0 Å². The lowest BCUT2D eigenvalue weighted by molar-refractivity contribution is 0.0926. The van der Waals surface area contributed by atoms with Gasteiger partial charge in [0.05, 0.1) is 11.8 Å². The van der Waals surface area contributed by atoms with Crippen LogP contribution in [0.3, 0.4) is 0 Å². The standard InChI is InChI=1S/C23H30N2O4S/c1-18-6-12-22(13-7-18)29-16-19(2)24-23(26)21-10-8-20(9-11-21)17-30(27,28)25-14-4-3-5-15-25/h6-13,19H,3-5,14-17H2,1-2H3,(H,24,26). The van der Waals surface area contributed by atoms with Crippen molar-refractivity contribution in [3.05, 3.63) is 65.2 Å². The topological polar surface area (TPSA) is 75.7 Å². The van der Waals surface area contributed by atoms with Crippen molar-refractivity contribution >= 4 is 15.9 Å². The van der Waals surface area contributed by atoms with E-state index < -0.39 is 10.0 Å². The molecule has 1 amide bonds. The highest BCUT2D eigenvalue weighted by Crippen LogP contribution is 2.17. The van der Waals surface area contributed by atoms with Crippen LogP contribution >= 0.6 is 0 Å². The molecular formula is C23H30N2O4S. The zero-order chi connectivity index (χ0) is 21.6. The summed E-state index contributed by atoms with van der Waals surface area (Å²) in [7, 11) is -3.31. The normalized spacial score (nSPS) is 16.1. The summed E-state index contributed by atoms with van der Waals surface area (Å²) in [6, 6.07) is 14.4. The molecule has 0 radical (unpaired) electrons. The number of piperidine rings is 1. The summed E-state index contributed by atoms with van der Waals surface area (Å²) in [5.74, 6) is 0.525. The molecule has 0 aromatic heterocycles. The van der Waals surface area contributed by atoms with Crippen molar-refractivity contribution < 1.29 is 17.9 Å². The van der Waals surface area contributed by atoms with Gasteiger partial charge in [-0.25, -0.2) is 12.7 Å². The number of benzene rings is 2. The van der Waals surface area contributed by atoms with Crippen LogP contribution in [-0.4, -0.2) is 44.4 Å². The summed E-state index contributed by atoms with van der Waals surface area (Å²) >= 11 is 0. The fraction of sp³-hybridized carbons (Fsp3) is 0.435. The molecule has 1 N–H and O–H groups in total. The van der Waals surface area contributed by atoms with Gasteiger partial charge in [-0.15, -0.1) is 0 Å². The first-order valence-corrected chi connectivity index (χ1v) is 12.0. The highest BCUT2D eigenvalue weighted by atomic mass is 32.2. The third-order valence-corrected chi connectivity index (χ3v) is 7.02. The number of nitrogens with one attached hydrogen (secondary N) is 1. The van der Waals surface area contributed by atoms with Gasteiger partial charge in [-0.05, 0) is 56.5 Å². The lowest BCUT2D eigenvalue weighted by Gasteiger charge is -2.25. The number of rotatable bonds is 8. The van der Waals surface area contributed by atoms with Crippen molar-refractivity contribution in [3.63, 3.8) is 0 Å². The van der Waals surface area contributed by atoms with Crippen LogP contribution in [0.25, 0.3) is 0 Å². The Bertz CT molecular complexity index is 934. The smallest absolute Gasteiger partial charge is 0.251 e. The second-order valence-electron chi connectivity index (χ2n) is 7.91. The lowest BCUT2D eigenvalue weighted by Crippen LogP contribution is -2.37. The van der Waals surface area contributed by atoms with Crippen LogP contribution in [0, 0.1) is 6.92 Å². The first-order valence-electron chi connectivity index (χ1n) is 10.4. The maximum atomic E-state index is 12.6. The Morgan fingerprint density at radius 3 is 2.30 bits per heavy atom. The van der Waals surface area contributed by atoms with Crippen LogP contribution in [0.4, 0.5) is 0 Å². The van der Waals surface area contributed by atoms with Gasteiger partial charge < -0.3 is 10.1 Å². The van der Waals surface area contributed by atoms with E-state index in [1.165, 1.54) is 0 Å². The van der Waals surface area contributed by atoms with Crippen LogP contribution in [0.5, 0.6) is 5.75 Å². The van der Waals surface area contributed by atoms with Crippen molar-refractivity contribution in [1.29, 1.82) is 0 Å². The second-order valence-corrected chi connectivity index (χ2v) is 9.88. The summed E-state index contributed by atoms with van der Waals surface area (Å²) in [4.78, 5) is 12.5. The lowest BCUT2D eigenvalue weighted by atomic mass is 10.1. The van der Waals surface area contributed by atoms with Crippen molar-refractivity contribution in [2.75, 3.05) is 19.7 Å². The molecule has 3 rings (SSSR count). The van der Waals surface area contributed by atoms with Crippen LogP contribution < -0.4 is 10.1 Å². The molecule has 2 aromatic carbocycles. The number of sulfonamides is 1. The molecule has 0 aliphatic carbocycles. The van der Waals surface area contributed by atoms with E-state index in [1.807, 2.05) is 38.1 Å². The summed E-state index contributed by atoms with van der Waals surface area (Å²) < 4.78 is 32.4. The van der Waals surface area contributed by atoms with Gasteiger partial charge in [-0.1, -0.05) is 36.2 Å². The zero-order valence-corrected chi connectivity index (χ0v) is 18.5. The maximum absolute atomic E-state index is 12.6. The van der Waals surface area contributed by atoms with Gasteiger partial charge in [-0.3, -0.25) is 4.79 Å². The summed E-state index contributed by atoms with van der Waals surface area (Å²) in [6.45, 7) is 5.46. The maximum Gasteiger partial charge on any atom is 0.251 e. The fourth-order valence-electron chi connectivity index (χ4n) is 3.40. The molecule has 7 heteroatoms.